The van der Waals surface area contributed by atoms with Gasteiger partial charge in [-0.1, -0.05) is 34.9 Å². The Kier molecular flexibility index (Phi) is 5.95. The first-order chi connectivity index (χ1) is 12.6. The number of benzene rings is 2. The van der Waals surface area contributed by atoms with Crippen LogP contribution in [0.4, 0.5) is 5.95 Å². The topological polar surface area (TPSA) is 74.1 Å². The molecule has 0 saturated heterocycles. The quantitative estimate of drug-likeness (QED) is 0.604. The lowest BCUT2D eigenvalue weighted by atomic mass is 10.2. The summed E-state index contributed by atoms with van der Waals surface area (Å²) in [6.07, 6.45) is 0. The van der Waals surface area contributed by atoms with Gasteiger partial charge in [0.15, 0.2) is 11.5 Å². The number of ether oxygens (including phenoxy) is 2. The van der Waals surface area contributed by atoms with Crippen LogP contribution in [0.15, 0.2) is 40.9 Å². The highest BCUT2D eigenvalue weighted by Gasteiger charge is 2.13. The maximum absolute atomic E-state index is 6.18. The largest absolute Gasteiger partial charge is 0.493 e. The summed E-state index contributed by atoms with van der Waals surface area (Å²) in [5, 5.41) is 15.1. The van der Waals surface area contributed by atoms with E-state index in [1.54, 1.807) is 18.8 Å². The Balaban J connectivity index is 1.74. The highest BCUT2D eigenvalue weighted by Crippen LogP contribution is 2.37. The van der Waals surface area contributed by atoms with Crippen LogP contribution in [0.2, 0.25) is 5.02 Å². The van der Waals surface area contributed by atoms with Crippen LogP contribution in [0.5, 0.6) is 11.5 Å². The van der Waals surface area contributed by atoms with Gasteiger partial charge in [0.2, 0.25) is 5.95 Å². The van der Waals surface area contributed by atoms with Crippen LogP contribution in [0.3, 0.4) is 0 Å². The SMILES string of the molecule is COc1cc(CNc2nnnn2C)cc(Br)c1OCc1ccccc1Cl. The van der Waals surface area contributed by atoms with Gasteiger partial charge in [-0.3, -0.25) is 0 Å². The Hall–Kier alpha value is -2.32. The van der Waals surface area contributed by atoms with Crippen molar-refractivity contribution in [2.75, 3.05) is 12.4 Å². The number of tetrazole rings is 1. The van der Waals surface area contributed by atoms with Crippen LogP contribution in [0.1, 0.15) is 11.1 Å². The third kappa shape index (κ3) is 4.25. The van der Waals surface area contributed by atoms with Gasteiger partial charge in [-0.05, 0) is 50.1 Å². The van der Waals surface area contributed by atoms with Gasteiger partial charge in [-0.25, -0.2) is 4.68 Å². The molecule has 0 bridgehead atoms. The number of hydrogen-bond acceptors (Lipinski definition) is 6. The summed E-state index contributed by atoms with van der Waals surface area (Å²) in [6.45, 7) is 0.880. The first-order valence-corrected chi connectivity index (χ1v) is 8.94. The lowest BCUT2D eigenvalue weighted by Crippen LogP contribution is -2.06. The maximum atomic E-state index is 6.18. The number of halogens is 2. The van der Waals surface area contributed by atoms with Gasteiger partial charge in [0.1, 0.15) is 6.61 Å². The number of nitrogens with zero attached hydrogens (tertiary/aromatic N) is 4. The molecule has 0 unspecified atom stereocenters. The molecule has 1 aromatic heterocycles. The van der Waals surface area contributed by atoms with Gasteiger partial charge in [0.05, 0.1) is 11.6 Å². The van der Waals surface area contributed by atoms with Gasteiger partial charge >= 0.3 is 0 Å². The van der Waals surface area contributed by atoms with Gasteiger partial charge in [-0.15, -0.1) is 0 Å². The van der Waals surface area contributed by atoms with Crippen molar-refractivity contribution in [3.8, 4) is 11.5 Å². The zero-order valence-electron chi connectivity index (χ0n) is 14.2. The molecule has 0 aliphatic carbocycles. The highest BCUT2D eigenvalue weighted by atomic mass is 79.9. The number of aromatic nitrogens is 4. The lowest BCUT2D eigenvalue weighted by Gasteiger charge is -2.15. The predicted molar refractivity (Wildman–Crippen MR) is 103 cm³/mol. The van der Waals surface area contributed by atoms with E-state index in [0.29, 0.717) is 35.6 Å². The minimum atomic E-state index is 0.344. The summed E-state index contributed by atoms with van der Waals surface area (Å²) in [4.78, 5) is 0. The molecule has 0 radical (unpaired) electrons. The molecule has 136 valence electrons. The van der Waals surface area contributed by atoms with Crippen molar-refractivity contribution in [2.24, 2.45) is 7.05 Å². The Morgan fingerprint density at radius 3 is 2.77 bits per heavy atom. The molecule has 26 heavy (non-hydrogen) atoms. The fourth-order valence-electron chi connectivity index (χ4n) is 2.34. The third-order valence-electron chi connectivity index (χ3n) is 3.69. The van der Waals surface area contributed by atoms with E-state index in [1.807, 2.05) is 36.4 Å². The third-order valence-corrected chi connectivity index (χ3v) is 4.65. The van der Waals surface area contributed by atoms with Crippen LogP contribution in [0.25, 0.3) is 0 Å². The van der Waals surface area contributed by atoms with Gasteiger partial charge in [-0.2, -0.15) is 0 Å². The van der Waals surface area contributed by atoms with Crippen molar-refractivity contribution < 1.29 is 9.47 Å². The first kappa shape index (κ1) is 18.5. The zero-order chi connectivity index (χ0) is 18.5. The molecule has 0 spiro atoms. The van der Waals surface area contributed by atoms with E-state index in [4.69, 9.17) is 21.1 Å². The summed E-state index contributed by atoms with van der Waals surface area (Å²) in [5.74, 6) is 1.83. The van der Waals surface area contributed by atoms with E-state index in [2.05, 4.69) is 36.8 Å². The molecule has 3 aromatic rings. The van der Waals surface area contributed by atoms with Crippen molar-refractivity contribution in [3.05, 3.63) is 57.0 Å². The summed E-state index contributed by atoms with van der Waals surface area (Å²) in [6, 6.07) is 11.4. The molecule has 0 amide bonds. The number of hydrogen-bond donors (Lipinski definition) is 1. The maximum Gasteiger partial charge on any atom is 0.242 e. The monoisotopic (exact) mass is 437 g/mol. The van der Waals surface area contributed by atoms with Gasteiger partial charge in [0, 0.05) is 24.2 Å². The van der Waals surface area contributed by atoms with Crippen LogP contribution in [0, 0.1) is 0 Å². The van der Waals surface area contributed by atoms with E-state index >= 15 is 0 Å². The van der Waals surface area contributed by atoms with Gasteiger partial charge < -0.3 is 14.8 Å². The lowest BCUT2D eigenvalue weighted by molar-refractivity contribution is 0.282. The summed E-state index contributed by atoms with van der Waals surface area (Å²) in [5.41, 5.74) is 1.89. The van der Waals surface area contributed by atoms with E-state index in [9.17, 15) is 0 Å². The standard InChI is InChI=1S/C17H17BrClN5O2/c1-24-17(21-22-23-24)20-9-11-7-13(18)16(15(8-11)25-2)26-10-12-5-3-4-6-14(12)19/h3-8H,9-10H2,1-2H3,(H,20,21,23). The second-order valence-electron chi connectivity index (χ2n) is 5.47. The number of aryl methyl sites for hydroxylation is 1. The summed E-state index contributed by atoms with van der Waals surface area (Å²) in [7, 11) is 3.37. The second-order valence-corrected chi connectivity index (χ2v) is 6.73. The number of methoxy groups -OCH3 is 1. The van der Waals surface area contributed by atoms with Crippen molar-refractivity contribution in [1.82, 2.24) is 20.2 Å². The molecule has 9 heteroatoms. The number of nitrogens with one attached hydrogen (secondary N) is 1. The average Bonchev–Trinajstić information content (AvgIpc) is 3.04. The molecule has 0 aliphatic rings. The van der Waals surface area contributed by atoms with Crippen molar-refractivity contribution in [2.45, 2.75) is 13.2 Å². The normalized spacial score (nSPS) is 10.6. The number of anilines is 1. The molecule has 3 rings (SSSR count). The zero-order valence-corrected chi connectivity index (χ0v) is 16.6. The second kappa shape index (κ2) is 8.37. The van der Waals surface area contributed by atoms with Crippen LogP contribution < -0.4 is 14.8 Å². The summed E-state index contributed by atoms with van der Waals surface area (Å²) >= 11 is 9.74. The van der Waals surface area contributed by atoms with Crippen LogP contribution in [-0.2, 0) is 20.2 Å². The fourth-order valence-corrected chi connectivity index (χ4v) is 3.14. The Labute approximate surface area is 164 Å². The Morgan fingerprint density at radius 1 is 1.27 bits per heavy atom. The van der Waals surface area contributed by atoms with Crippen molar-refractivity contribution in [1.29, 1.82) is 0 Å². The minimum absolute atomic E-state index is 0.344. The average molecular weight is 439 g/mol. The van der Waals surface area contributed by atoms with E-state index in [0.717, 1.165) is 15.6 Å². The molecule has 1 heterocycles. The Morgan fingerprint density at radius 2 is 2.08 bits per heavy atom. The van der Waals surface area contributed by atoms with E-state index in [1.165, 1.54) is 0 Å². The van der Waals surface area contributed by atoms with Crippen LogP contribution in [-0.4, -0.2) is 27.3 Å². The van der Waals surface area contributed by atoms with Crippen LogP contribution >= 0.6 is 27.5 Å². The molecule has 2 aromatic carbocycles. The molecule has 7 nitrogen and oxygen atoms in total. The predicted octanol–water partition coefficient (Wildman–Crippen LogP) is 3.83. The molecule has 1 N–H and O–H groups in total. The Bertz CT molecular complexity index is 903. The smallest absolute Gasteiger partial charge is 0.242 e. The van der Waals surface area contributed by atoms with Crippen molar-refractivity contribution >= 4 is 33.5 Å². The molecule has 0 aliphatic heterocycles. The molecule has 0 atom stereocenters. The van der Waals surface area contributed by atoms with Gasteiger partial charge in [0.25, 0.3) is 0 Å². The minimum Gasteiger partial charge on any atom is -0.493 e. The summed E-state index contributed by atoms with van der Waals surface area (Å²) < 4.78 is 13.8. The molecule has 0 saturated carbocycles. The number of rotatable bonds is 7. The molecular formula is C17H17BrClN5O2. The highest BCUT2D eigenvalue weighted by molar-refractivity contribution is 9.10. The molecular weight excluding hydrogens is 422 g/mol. The van der Waals surface area contributed by atoms with E-state index < -0.39 is 0 Å². The van der Waals surface area contributed by atoms with E-state index in [-0.39, 0.29) is 0 Å². The first-order valence-electron chi connectivity index (χ1n) is 7.77. The fraction of sp³-hybridized carbons (Fsp3) is 0.235. The van der Waals surface area contributed by atoms with Crippen molar-refractivity contribution in [3.63, 3.8) is 0 Å². The molecule has 0 fully saturated rings.